The fourth-order valence-corrected chi connectivity index (χ4v) is 1.47. The first-order valence-electron chi connectivity index (χ1n) is 5.55. The second kappa shape index (κ2) is 5.47. The van der Waals surface area contributed by atoms with Crippen molar-refractivity contribution >= 4 is 5.91 Å². The molecule has 0 atom stereocenters. The van der Waals surface area contributed by atoms with Crippen LogP contribution in [0.25, 0.3) is 0 Å². The first-order valence-corrected chi connectivity index (χ1v) is 5.55. The van der Waals surface area contributed by atoms with Crippen LogP contribution in [0.1, 0.15) is 20.8 Å². The normalized spacial score (nSPS) is 17.9. The number of rotatable bonds is 3. The van der Waals surface area contributed by atoms with Gasteiger partial charge in [0.15, 0.2) is 0 Å². The van der Waals surface area contributed by atoms with E-state index in [4.69, 9.17) is 4.74 Å². The third-order valence-corrected chi connectivity index (χ3v) is 2.30. The van der Waals surface area contributed by atoms with Crippen LogP contribution >= 0.6 is 0 Å². The molecule has 88 valence electrons. The van der Waals surface area contributed by atoms with Crippen molar-refractivity contribution < 1.29 is 9.53 Å². The van der Waals surface area contributed by atoms with E-state index in [1.165, 1.54) is 0 Å². The fraction of sp³-hybridized carbons (Fsp3) is 0.909. The summed E-state index contributed by atoms with van der Waals surface area (Å²) in [5, 5.41) is 3.19. The minimum atomic E-state index is 0.183. The van der Waals surface area contributed by atoms with Crippen LogP contribution in [0.4, 0.5) is 0 Å². The smallest absolute Gasteiger partial charge is 0.236 e. The number of nitrogens with one attached hydrogen (secondary N) is 1. The standard InChI is InChI=1S/C11H22N2O2/c1-11(2,3)9-12-8-10(14)13-4-6-15-7-5-13/h12H,4-9H2,1-3H3. The van der Waals surface area contributed by atoms with Crippen LogP contribution < -0.4 is 5.32 Å². The molecule has 15 heavy (non-hydrogen) atoms. The molecule has 1 N–H and O–H groups in total. The van der Waals surface area contributed by atoms with Crippen molar-refractivity contribution in [3.63, 3.8) is 0 Å². The highest BCUT2D eigenvalue weighted by molar-refractivity contribution is 5.78. The number of amides is 1. The molecule has 0 aliphatic carbocycles. The minimum Gasteiger partial charge on any atom is -0.378 e. The first kappa shape index (κ1) is 12.5. The molecule has 1 saturated heterocycles. The highest BCUT2D eigenvalue weighted by atomic mass is 16.5. The summed E-state index contributed by atoms with van der Waals surface area (Å²) < 4.78 is 5.19. The second-order valence-corrected chi connectivity index (χ2v) is 5.16. The molecule has 1 fully saturated rings. The molecule has 1 rings (SSSR count). The molecular weight excluding hydrogens is 192 g/mol. The van der Waals surface area contributed by atoms with E-state index in [0.717, 1.165) is 19.6 Å². The van der Waals surface area contributed by atoms with Gasteiger partial charge in [0.25, 0.3) is 0 Å². The SMILES string of the molecule is CC(C)(C)CNCC(=O)N1CCOCC1. The van der Waals surface area contributed by atoms with E-state index in [2.05, 4.69) is 26.1 Å². The van der Waals surface area contributed by atoms with Crippen molar-refractivity contribution in [1.82, 2.24) is 10.2 Å². The molecule has 0 bridgehead atoms. The molecular formula is C11H22N2O2. The Morgan fingerprint density at radius 3 is 2.47 bits per heavy atom. The van der Waals surface area contributed by atoms with E-state index in [-0.39, 0.29) is 11.3 Å². The van der Waals surface area contributed by atoms with Gasteiger partial charge >= 0.3 is 0 Å². The minimum absolute atomic E-state index is 0.183. The molecule has 0 aromatic heterocycles. The summed E-state index contributed by atoms with van der Waals surface area (Å²) in [6, 6.07) is 0. The zero-order valence-electron chi connectivity index (χ0n) is 10.0. The van der Waals surface area contributed by atoms with Gasteiger partial charge in [-0.25, -0.2) is 0 Å². The van der Waals surface area contributed by atoms with Crippen LogP contribution in [0.2, 0.25) is 0 Å². The fourth-order valence-electron chi connectivity index (χ4n) is 1.47. The van der Waals surface area contributed by atoms with Crippen molar-refractivity contribution in [1.29, 1.82) is 0 Å². The van der Waals surface area contributed by atoms with Crippen LogP contribution in [0.15, 0.2) is 0 Å². The van der Waals surface area contributed by atoms with E-state index in [0.29, 0.717) is 19.8 Å². The maximum atomic E-state index is 11.7. The van der Waals surface area contributed by atoms with Crippen LogP contribution in [0.5, 0.6) is 0 Å². The molecule has 1 heterocycles. The number of nitrogens with zero attached hydrogens (tertiary/aromatic N) is 1. The Bertz CT molecular complexity index is 205. The Morgan fingerprint density at radius 2 is 1.93 bits per heavy atom. The Morgan fingerprint density at radius 1 is 1.33 bits per heavy atom. The summed E-state index contributed by atoms with van der Waals surface area (Å²) in [5.74, 6) is 0.183. The lowest BCUT2D eigenvalue weighted by Gasteiger charge is -2.27. The highest BCUT2D eigenvalue weighted by Crippen LogP contribution is 2.09. The first-order chi connectivity index (χ1) is 6.99. The molecule has 1 aliphatic rings. The second-order valence-electron chi connectivity index (χ2n) is 5.16. The van der Waals surface area contributed by atoms with Crippen molar-refractivity contribution in [2.24, 2.45) is 5.41 Å². The molecule has 0 radical (unpaired) electrons. The Balaban J connectivity index is 2.17. The van der Waals surface area contributed by atoms with Gasteiger partial charge in [0.05, 0.1) is 19.8 Å². The zero-order valence-corrected chi connectivity index (χ0v) is 10.0. The zero-order chi connectivity index (χ0) is 11.3. The van der Waals surface area contributed by atoms with Gasteiger partial charge in [-0.1, -0.05) is 20.8 Å². The Kier molecular flexibility index (Phi) is 4.54. The largest absolute Gasteiger partial charge is 0.378 e. The summed E-state index contributed by atoms with van der Waals surface area (Å²) in [6.07, 6.45) is 0. The molecule has 0 aromatic rings. The van der Waals surface area contributed by atoms with Gasteiger partial charge in [-0.05, 0) is 5.41 Å². The van der Waals surface area contributed by atoms with E-state index >= 15 is 0 Å². The average Bonchev–Trinajstić information content (AvgIpc) is 2.17. The van der Waals surface area contributed by atoms with Crippen LogP contribution in [-0.4, -0.2) is 50.2 Å². The number of hydrogen-bond acceptors (Lipinski definition) is 3. The van der Waals surface area contributed by atoms with E-state index < -0.39 is 0 Å². The lowest BCUT2D eigenvalue weighted by Crippen LogP contribution is -2.45. The number of ether oxygens (including phenoxy) is 1. The molecule has 1 amide bonds. The highest BCUT2D eigenvalue weighted by Gasteiger charge is 2.17. The third-order valence-electron chi connectivity index (χ3n) is 2.30. The molecule has 4 heteroatoms. The molecule has 1 aliphatic heterocycles. The number of carbonyl (C=O) groups is 1. The van der Waals surface area contributed by atoms with E-state index in [1.807, 2.05) is 4.90 Å². The van der Waals surface area contributed by atoms with Gasteiger partial charge in [0.2, 0.25) is 5.91 Å². The van der Waals surface area contributed by atoms with Crippen molar-refractivity contribution in [2.45, 2.75) is 20.8 Å². The van der Waals surface area contributed by atoms with Gasteiger partial charge in [-0.2, -0.15) is 0 Å². The van der Waals surface area contributed by atoms with Crippen LogP contribution in [0.3, 0.4) is 0 Å². The van der Waals surface area contributed by atoms with Crippen molar-refractivity contribution in [3.05, 3.63) is 0 Å². The number of morpholine rings is 1. The summed E-state index contributed by atoms with van der Waals surface area (Å²) in [6.45, 7) is 10.6. The van der Waals surface area contributed by atoms with Crippen molar-refractivity contribution in [2.75, 3.05) is 39.4 Å². The predicted octanol–water partition coefficient (Wildman–Crippen LogP) is 0.481. The third kappa shape index (κ3) is 5.14. The lowest BCUT2D eigenvalue weighted by molar-refractivity contribution is -0.134. The van der Waals surface area contributed by atoms with E-state index in [1.54, 1.807) is 0 Å². The van der Waals surface area contributed by atoms with Gasteiger partial charge < -0.3 is 15.0 Å². The topological polar surface area (TPSA) is 41.6 Å². The molecule has 0 unspecified atom stereocenters. The number of carbonyl (C=O) groups excluding carboxylic acids is 1. The van der Waals surface area contributed by atoms with E-state index in [9.17, 15) is 4.79 Å². The van der Waals surface area contributed by atoms with Crippen LogP contribution in [0, 0.1) is 5.41 Å². The summed E-state index contributed by atoms with van der Waals surface area (Å²) in [7, 11) is 0. The summed E-state index contributed by atoms with van der Waals surface area (Å²) >= 11 is 0. The molecule has 0 aromatic carbocycles. The number of hydrogen-bond donors (Lipinski definition) is 1. The quantitative estimate of drug-likeness (QED) is 0.743. The molecule has 0 spiro atoms. The maximum absolute atomic E-state index is 11.7. The monoisotopic (exact) mass is 214 g/mol. The summed E-state index contributed by atoms with van der Waals surface area (Å²) in [5.41, 5.74) is 0.227. The van der Waals surface area contributed by atoms with Gasteiger partial charge in [0.1, 0.15) is 0 Å². The summed E-state index contributed by atoms with van der Waals surface area (Å²) in [4.78, 5) is 13.6. The molecule has 4 nitrogen and oxygen atoms in total. The van der Waals surface area contributed by atoms with Crippen LogP contribution in [-0.2, 0) is 9.53 Å². The van der Waals surface area contributed by atoms with Gasteiger partial charge in [-0.3, -0.25) is 4.79 Å². The predicted molar refractivity (Wildman–Crippen MR) is 59.7 cm³/mol. The maximum Gasteiger partial charge on any atom is 0.236 e. The molecule has 0 saturated carbocycles. The average molecular weight is 214 g/mol. The van der Waals surface area contributed by atoms with Crippen molar-refractivity contribution in [3.8, 4) is 0 Å². The van der Waals surface area contributed by atoms with Gasteiger partial charge in [0, 0.05) is 19.6 Å². The Labute approximate surface area is 92.0 Å². The lowest BCUT2D eigenvalue weighted by atomic mass is 9.97. The Hall–Kier alpha value is -0.610. The van der Waals surface area contributed by atoms with Gasteiger partial charge in [-0.15, -0.1) is 0 Å².